The largest absolute Gasteiger partial charge is 0.376 e. The molecule has 1 aliphatic heterocycles. The molecule has 1 atom stereocenters. The van der Waals surface area contributed by atoms with Crippen molar-refractivity contribution >= 4 is 16.8 Å². The van der Waals surface area contributed by atoms with Crippen molar-refractivity contribution < 1.29 is 14.3 Å². The van der Waals surface area contributed by atoms with E-state index in [0.717, 1.165) is 22.0 Å². The van der Waals surface area contributed by atoms with Crippen LogP contribution in [0, 0.1) is 13.8 Å². The Morgan fingerprint density at radius 1 is 1.10 bits per heavy atom. The molecule has 0 saturated carbocycles. The van der Waals surface area contributed by atoms with E-state index in [1.807, 2.05) is 56.3 Å². The molecule has 6 nitrogen and oxygen atoms in total. The monoisotopic (exact) mass is 406 g/mol. The zero-order valence-corrected chi connectivity index (χ0v) is 17.3. The molecular formula is C24H26N2O4. The van der Waals surface area contributed by atoms with Crippen LogP contribution in [-0.4, -0.2) is 48.3 Å². The Morgan fingerprint density at radius 3 is 2.70 bits per heavy atom. The third kappa shape index (κ3) is 4.61. The minimum Gasteiger partial charge on any atom is -0.376 e. The minimum absolute atomic E-state index is 0.128. The number of aryl methyl sites for hydroxylation is 2. The average molecular weight is 406 g/mol. The molecule has 1 aliphatic rings. The summed E-state index contributed by atoms with van der Waals surface area (Å²) in [5.74, 6) is -0.128. The molecule has 1 aromatic heterocycles. The Bertz CT molecular complexity index is 1120. The maximum absolute atomic E-state index is 13.3. The predicted molar refractivity (Wildman–Crippen MR) is 116 cm³/mol. The molecule has 0 aliphatic carbocycles. The fourth-order valence-corrected chi connectivity index (χ4v) is 3.76. The second-order valence-electron chi connectivity index (χ2n) is 7.84. The minimum atomic E-state index is -0.214. The van der Waals surface area contributed by atoms with E-state index in [1.165, 1.54) is 0 Å². The first kappa shape index (κ1) is 20.3. The first-order valence-corrected chi connectivity index (χ1v) is 10.2. The van der Waals surface area contributed by atoms with Gasteiger partial charge in [-0.1, -0.05) is 29.3 Å². The highest BCUT2D eigenvalue weighted by Gasteiger charge is 2.24. The Balaban J connectivity index is 1.66. The number of nitrogens with zero attached hydrogens (tertiary/aromatic N) is 1. The highest BCUT2D eigenvalue weighted by Crippen LogP contribution is 2.17. The number of H-pyrrole nitrogens is 1. The zero-order chi connectivity index (χ0) is 21.1. The van der Waals surface area contributed by atoms with Crippen molar-refractivity contribution in [1.29, 1.82) is 0 Å². The molecule has 1 N–H and O–H groups in total. The molecule has 1 amide bonds. The van der Waals surface area contributed by atoms with Gasteiger partial charge >= 0.3 is 0 Å². The van der Waals surface area contributed by atoms with Gasteiger partial charge in [0, 0.05) is 23.2 Å². The fourth-order valence-electron chi connectivity index (χ4n) is 3.76. The number of hydrogen-bond donors (Lipinski definition) is 1. The van der Waals surface area contributed by atoms with E-state index in [-0.39, 0.29) is 24.1 Å². The number of pyridine rings is 1. The maximum Gasteiger partial charge on any atom is 0.254 e. The molecule has 0 radical (unpaired) electrons. The van der Waals surface area contributed by atoms with Crippen LogP contribution in [0.15, 0.2) is 53.3 Å². The number of ether oxygens (including phenoxy) is 2. The van der Waals surface area contributed by atoms with Crippen LogP contribution in [0.4, 0.5) is 0 Å². The number of nitrogens with one attached hydrogen (secondary N) is 1. The smallest absolute Gasteiger partial charge is 0.254 e. The van der Waals surface area contributed by atoms with E-state index < -0.39 is 0 Å². The van der Waals surface area contributed by atoms with Crippen LogP contribution in [0.5, 0.6) is 0 Å². The lowest BCUT2D eigenvalue weighted by atomic mass is 10.1. The molecule has 2 heterocycles. The van der Waals surface area contributed by atoms with Gasteiger partial charge in [0.2, 0.25) is 0 Å². The topological polar surface area (TPSA) is 71.6 Å². The number of hydrogen-bond acceptors (Lipinski definition) is 4. The number of aromatic amines is 1. The summed E-state index contributed by atoms with van der Waals surface area (Å²) in [7, 11) is 0. The normalized spacial score (nSPS) is 16.5. The van der Waals surface area contributed by atoms with E-state index in [4.69, 9.17) is 9.47 Å². The van der Waals surface area contributed by atoms with Crippen LogP contribution < -0.4 is 5.56 Å². The average Bonchev–Trinajstić information content (AvgIpc) is 2.74. The summed E-state index contributed by atoms with van der Waals surface area (Å²) in [5, 5.41) is 0.949. The summed E-state index contributed by atoms with van der Waals surface area (Å²) in [6.45, 7) is 6.03. The number of fused-ring (bicyclic) bond motifs is 1. The Morgan fingerprint density at radius 2 is 1.93 bits per heavy atom. The Kier molecular flexibility index (Phi) is 5.97. The molecule has 30 heavy (non-hydrogen) atoms. The van der Waals surface area contributed by atoms with Gasteiger partial charge in [0.1, 0.15) is 0 Å². The van der Waals surface area contributed by atoms with E-state index >= 15 is 0 Å². The number of benzene rings is 2. The van der Waals surface area contributed by atoms with E-state index in [0.29, 0.717) is 37.5 Å². The van der Waals surface area contributed by atoms with E-state index in [1.54, 1.807) is 11.0 Å². The molecule has 1 saturated heterocycles. The Hall–Kier alpha value is -2.96. The lowest BCUT2D eigenvalue weighted by Gasteiger charge is -2.30. The number of aromatic nitrogens is 1. The number of carbonyl (C=O) groups is 1. The molecule has 0 spiro atoms. The molecule has 0 bridgehead atoms. The first-order chi connectivity index (χ1) is 14.5. The third-order valence-corrected chi connectivity index (χ3v) is 5.30. The van der Waals surface area contributed by atoms with Gasteiger partial charge in [-0.15, -0.1) is 0 Å². The number of carbonyl (C=O) groups excluding carboxylic acids is 1. The highest BCUT2D eigenvalue weighted by molar-refractivity contribution is 5.94. The van der Waals surface area contributed by atoms with Gasteiger partial charge in [0.15, 0.2) is 0 Å². The molecule has 4 rings (SSSR count). The molecule has 6 heteroatoms. The van der Waals surface area contributed by atoms with Gasteiger partial charge in [0.25, 0.3) is 11.5 Å². The standard InChI is InChI=1S/C24H26N2O4/c1-16-4-3-5-18(10-16)24(28)26(14-21-15-29-8-9-30-21)13-20-12-19-11-17(2)6-7-22(19)25-23(20)27/h3-7,10-12,21H,8-9,13-15H2,1-2H3,(H,25,27). The van der Waals surface area contributed by atoms with E-state index in [9.17, 15) is 9.59 Å². The summed E-state index contributed by atoms with van der Waals surface area (Å²) in [6, 6.07) is 15.2. The summed E-state index contributed by atoms with van der Waals surface area (Å²) in [6.07, 6.45) is -0.214. The number of rotatable bonds is 5. The van der Waals surface area contributed by atoms with Crippen molar-refractivity contribution in [3.63, 3.8) is 0 Å². The molecule has 156 valence electrons. The molecule has 1 unspecified atom stereocenters. The van der Waals surface area contributed by atoms with Gasteiger partial charge in [-0.2, -0.15) is 0 Å². The molecule has 3 aromatic rings. The predicted octanol–water partition coefficient (Wildman–Crippen LogP) is 3.20. The quantitative estimate of drug-likeness (QED) is 0.706. The van der Waals surface area contributed by atoms with E-state index in [2.05, 4.69) is 4.98 Å². The maximum atomic E-state index is 13.3. The zero-order valence-electron chi connectivity index (χ0n) is 17.3. The fraction of sp³-hybridized carbons (Fsp3) is 0.333. The van der Waals surface area contributed by atoms with Gasteiger partial charge in [0.05, 0.1) is 32.5 Å². The van der Waals surface area contributed by atoms with Crippen LogP contribution in [-0.2, 0) is 16.0 Å². The van der Waals surface area contributed by atoms with Crippen molar-refractivity contribution in [3.8, 4) is 0 Å². The van der Waals surface area contributed by atoms with Crippen molar-refractivity contribution in [3.05, 3.63) is 81.1 Å². The number of amides is 1. The Labute approximate surface area is 175 Å². The van der Waals surface area contributed by atoms with Gasteiger partial charge < -0.3 is 19.4 Å². The summed E-state index contributed by atoms with van der Waals surface area (Å²) in [4.78, 5) is 30.6. The lowest BCUT2D eigenvalue weighted by Crippen LogP contribution is -2.43. The summed E-state index contributed by atoms with van der Waals surface area (Å²) >= 11 is 0. The molecular weight excluding hydrogens is 380 g/mol. The molecule has 2 aromatic carbocycles. The van der Waals surface area contributed by atoms with Crippen LogP contribution in [0.3, 0.4) is 0 Å². The van der Waals surface area contributed by atoms with Crippen LogP contribution in [0.1, 0.15) is 27.0 Å². The lowest BCUT2D eigenvalue weighted by molar-refractivity contribution is -0.0953. The van der Waals surface area contributed by atoms with Crippen molar-refractivity contribution in [2.24, 2.45) is 0 Å². The highest BCUT2D eigenvalue weighted by atomic mass is 16.6. The van der Waals surface area contributed by atoms with Crippen LogP contribution in [0.2, 0.25) is 0 Å². The second kappa shape index (κ2) is 8.81. The van der Waals surface area contributed by atoms with Crippen LogP contribution in [0.25, 0.3) is 10.9 Å². The first-order valence-electron chi connectivity index (χ1n) is 10.2. The second-order valence-corrected chi connectivity index (χ2v) is 7.84. The third-order valence-electron chi connectivity index (χ3n) is 5.30. The molecule has 1 fully saturated rings. The summed E-state index contributed by atoms with van der Waals surface area (Å²) in [5.41, 5.74) is 3.87. The van der Waals surface area contributed by atoms with Gasteiger partial charge in [-0.25, -0.2) is 0 Å². The van der Waals surface area contributed by atoms with Crippen molar-refractivity contribution in [2.45, 2.75) is 26.5 Å². The van der Waals surface area contributed by atoms with Crippen molar-refractivity contribution in [2.75, 3.05) is 26.4 Å². The van der Waals surface area contributed by atoms with Gasteiger partial charge in [-0.05, 0) is 49.6 Å². The van der Waals surface area contributed by atoms with Crippen molar-refractivity contribution in [1.82, 2.24) is 9.88 Å². The van der Waals surface area contributed by atoms with Crippen LogP contribution >= 0.6 is 0 Å². The summed E-state index contributed by atoms with van der Waals surface area (Å²) < 4.78 is 11.3. The SMILES string of the molecule is Cc1cccc(C(=O)N(Cc2cc3cc(C)ccc3[nH]c2=O)CC2COCCO2)c1. The van der Waals surface area contributed by atoms with Gasteiger partial charge in [-0.3, -0.25) is 9.59 Å².